The summed E-state index contributed by atoms with van der Waals surface area (Å²) in [4.78, 5) is 24.6. The zero-order valence-corrected chi connectivity index (χ0v) is 15.5. The van der Waals surface area contributed by atoms with Gasteiger partial charge in [-0.25, -0.2) is 4.79 Å². The van der Waals surface area contributed by atoms with Crippen LogP contribution in [-0.2, 0) is 4.74 Å². The molecule has 0 aliphatic heterocycles. The number of nitrogens with one attached hydrogen (secondary N) is 1. The second kappa shape index (κ2) is 8.44. The minimum atomic E-state index is -0.618. The summed E-state index contributed by atoms with van der Waals surface area (Å²) in [6.07, 6.45) is 0. The van der Waals surface area contributed by atoms with Crippen molar-refractivity contribution in [2.24, 2.45) is 0 Å². The van der Waals surface area contributed by atoms with Gasteiger partial charge < -0.3 is 24.3 Å². The fourth-order valence-electron chi connectivity index (χ4n) is 2.31. The standard InChI is InChI=1S/C18H18ClNO6/c1-23-14-7-10(8-15(24-2)16(14)25-3)17(21)20-13-6-5-11(19)9-12(13)18(22)26-4/h5-9H,1-4H3,(H,20,21). The third-order valence-electron chi connectivity index (χ3n) is 3.56. The minimum absolute atomic E-state index is 0.140. The van der Waals surface area contributed by atoms with E-state index in [-0.39, 0.29) is 16.8 Å². The second-order valence-corrected chi connectivity index (χ2v) is 5.49. The van der Waals surface area contributed by atoms with Crippen LogP contribution >= 0.6 is 11.6 Å². The maximum Gasteiger partial charge on any atom is 0.340 e. The molecule has 2 rings (SSSR count). The van der Waals surface area contributed by atoms with E-state index in [0.29, 0.717) is 22.3 Å². The minimum Gasteiger partial charge on any atom is -0.493 e. The van der Waals surface area contributed by atoms with Gasteiger partial charge in [0.15, 0.2) is 11.5 Å². The largest absolute Gasteiger partial charge is 0.493 e. The van der Waals surface area contributed by atoms with Crippen LogP contribution in [0.1, 0.15) is 20.7 Å². The molecule has 0 aliphatic rings. The fraction of sp³-hybridized carbons (Fsp3) is 0.222. The zero-order valence-electron chi connectivity index (χ0n) is 14.7. The molecule has 8 heteroatoms. The van der Waals surface area contributed by atoms with Gasteiger partial charge in [-0.1, -0.05) is 11.6 Å². The van der Waals surface area contributed by atoms with Gasteiger partial charge in [-0.15, -0.1) is 0 Å². The molecule has 7 nitrogen and oxygen atoms in total. The summed E-state index contributed by atoms with van der Waals surface area (Å²) in [5.41, 5.74) is 0.658. The fourth-order valence-corrected chi connectivity index (χ4v) is 2.48. The molecule has 0 unspecified atom stereocenters. The Hall–Kier alpha value is -2.93. The van der Waals surface area contributed by atoms with Crippen molar-refractivity contribution in [3.8, 4) is 17.2 Å². The first-order valence-corrected chi connectivity index (χ1v) is 7.82. The third-order valence-corrected chi connectivity index (χ3v) is 3.80. The summed E-state index contributed by atoms with van der Waals surface area (Å²) in [6, 6.07) is 7.50. The monoisotopic (exact) mass is 379 g/mol. The Morgan fingerprint density at radius 2 is 1.54 bits per heavy atom. The lowest BCUT2D eigenvalue weighted by atomic mass is 10.1. The molecule has 1 amide bonds. The van der Waals surface area contributed by atoms with Gasteiger partial charge in [-0.2, -0.15) is 0 Å². The Bertz CT molecular complexity index is 811. The van der Waals surface area contributed by atoms with Gasteiger partial charge in [-0.05, 0) is 30.3 Å². The number of methoxy groups -OCH3 is 4. The molecular formula is C18H18ClNO6. The third kappa shape index (κ3) is 4.00. The molecule has 26 heavy (non-hydrogen) atoms. The molecule has 0 heterocycles. The van der Waals surface area contributed by atoms with Gasteiger partial charge in [-0.3, -0.25) is 4.79 Å². The molecule has 2 aromatic rings. The smallest absolute Gasteiger partial charge is 0.340 e. The van der Waals surface area contributed by atoms with E-state index < -0.39 is 11.9 Å². The first-order valence-electron chi connectivity index (χ1n) is 7.44. The highest BCUT2D eigenvalue weighted by Crippen LogP contribution is 2.38. The average molecular weight is 380 g/mol. The molecule has 0 saturated heterocycles. The molecule has 0 bridgehead atoms. The Morgan fingerprint density at radius 1 is 0.923 bits per heavy atom. The average Bonchev–Trinajstić information content (AvgIpc) is 2.67. The molecule has 2 aromatic carbocycles. The first-order chi connectivity index (χ1) is 12.4. The summed E-state index contributed by atoms with van der Waals surface area (Å²) < 4.78 is 20.4. The Morgan fingerprint density at radius 3 is 2.04 bits per heavy atom. The maximum absolute atomic E-state index is 12.6. The molecular weight excluding hydrogens is 362 g/mol. The van der Waals surface area contributed by atoms with E-state index >= 15 is 0 Å². The van der Waals surface area contributed by atoms with Crippen molar-refractivity contribution in [1.82, 2.24) is 0 Å². The maximum atomic E-state index is 12.6. The number of amides is 1. The summed E-state index contributed by atoms with van der Waals surface area (Å²) in [7, 11) is 5.62. The number of benzene rings is 2. The highest BCUT2D eigenvalue weighted by Gasteiger charge is 2.19. The number of anilines is 1. The Labute approximate surface area is 155 Å². The van der Waals surface area contributed by atoms with E-state index in [1.54, 1.807) is 6.07 Å². The molecule has 0 aliphatic carbocycles. The summed E-state index contributed by atoms with van der Waals surface area (Å²) in [6.45, 7) is 0. The van der Waals surface area contributed by atoms with Crippen LogP contribution in [0.4, 0.5) is 5.69 Å². The second-order valence-electron chi connectivity index (χ2n) is 5.05. The number of esters is 1. The highest BCUT2D eigenvalue weighted by molar-refractivity contribution is 6.31. The SMILES string of the molecule is COC(=O)c1cc(Cl)ccc1NC(=O)c1cc(OC)c(OC)c(OC)c1. The van der Waals surface area contributed by atoms with Crippen molar-refractivity contribution in [1.29, 1.82) is 0 Å². The van der Waals surface area contributed by atoms with Gasteiger partial charge in [0.2, 0.25) is 5.75 Å². The van der Waals surface area contributed by atoms with Gasteiger partial charge in [0, 0.05) is 10.6 Å². The van der Waals surface area contributed by atoms with Crippen LogP contribution in [0, 0.1) is 0 Å². The number of hydrogen-bond acceptors (Lipinski definition) is 6. The van der Waals surface area contributed by atoms with Crippen molar-refractivity contribution in [3.63, 3.8) is 0 Å². The van der Waals surface area contributed by atoms with Gasteiger partial charge in [0.25, 0.3) is 5.91 Å². The van der Waals surface area contributed by atoms with Crippen molar-refractivity contribution in [2.75, 3.05) is 33.8 Å². The van der Waals surface area contributed by atoms with Crippen molar-refractivity contribution in [3.05, 3.63) is 46.5 Å². The number of rotatable bonds is 6. The predicted molar refractivity (Wildman–Crippen MR) is 96.8 cm³/mol. The van der Waals surface area contributed by atoms with Crippen LogP contribution in [-0.4, -0.2) is 40.3 Å². The molecule has 0 saturated carbocycles. The summed E-state index contributed by atoms with van der Waals surface area (Å²) in [5.74, 6) is -0.0553. The van der Waals surface area contributed by atoms with Crippen LogP contribution in [0.25, 0.3) is 0 Å². The summed E-state index contributed by atoms with van der Waals surface area (Å²) >= 11 is 5.92. The van der Waals surface area contributed by atoms with Gasteiger partial charge in [0.1, 0.15) is 0 Å². The number of carbonyl (C=O) groups is 2. The van der Waals surface area contributed by atoms with Crippen LogP contribution in [0.15, 0.2) is 30.3 Å². The van der Waals surface area contributed by atoms with E-state index in [0.717, 1.165) is 0 Å². The molecule has 1 N–H and O–H groups in total. The lowest BCUT2D eigenvalue weighted by Crippen LogP contribution is -2.16. The first kappa shape index (κ1) is 19.4. The topological polar surface area (TPSA) is 83.1 Å². The van der Waals surface area contributed by atoms with Crippen molar-refractivity contribution < 1.29 is 28.5 Å². The molecule has 0 aromatic heterocycles. The lowest BCUT2D eigenvalue weighted by Gasteiger charge is -2.15. The zero-order chi connectivity index (χ0) is 19.3. The number of hydrogen-bond donors (Lipinski definition) is 1. The van der Waals surface area contributed by atoms with E-state index in [1.165, 1.54) is 52.7 Å². The number of ether oxygens (including phenoxy) is 4. The molecule has 138 valence electrons. The number of carbonyl (C=O) groups excluding carboxylic acids is 2. The summed E-state index contributed by atoms with van der Waals surface area (Å²) in [5, 5.41) is 3.00. The van der Waals surface area contributed by atoms with E-state index in [1.807, 2.05) is 0 Å². The molecule has 0 spiro atoms. The Balaban J connectivity index is 2.41. The molecule has 0 fully saturated rings. The van der Waals surface area contributed by atoms with Crippen molar-refractivity contribution >= 4 is 29.2 Å². The van der Waals surface area contributed by atoms with Crippen LogP contribution in [0.3, 0.4) is 0 Å². The normalized spacial score (nSPS) is 10.0. The molecule has 0 radical (unpaired) electrons. The van der Waals surface area contributed by atoms with E-state index in [9.17, 15) is 9.59 Å². The highest BCUT2D eigenvalue weighted by atomic mass is 35.5. The van der Waals surface area contributed by atoms with E-state index in [4.69, 9.17) is 30.5 Å². The van der Waals surface area contributed by atoms with Gasteiger partial charge in [0.05, 0.1) is 39.7 Å². The van der Waals surface area contributed by atoms with Crippen LogP contribution in [0.2, 0.25) is 5.02 Å². The lowest BCUT2D eigenvalue weighted by molar-refractivity contribution is 0.0602. The molecule has 0 atom stereocenters. The van der Waals surface area contributed by atoms with E-state index in [2.05, 4.69) is 5.32 Å². The Kier molecular flexibility index (Phi) is 6.30. The number of halogens is 1. The van der Waals surface area contributed by atoms with Crippen LogP contribution in [0.5, 0.6) is 17.2 Å². The van der Waals surface area contributed by atoms with Crippen molar-refractivity contribution in [2.45, 2.75) is 0 Å². The van der Waals surface area contributed by atoms with Crippen LogP contribution < -0.4 is 19.5 Å². The van der Waals surface area contributed by atoms with Gasteiger partial charge >= 0.3 is 5.97 Å². The quantitative estimate of drug-likeness (QED) is 0.774. The predicted octanol–water partition coefficient (Wildman–Crippen LogP) is 3.40.